The Bertz CT molecular complexity index is 778. The number of benzene rings is 1. The first-order valence-electron chi connectivity index (χ1n) is 10.8. The topological polar surface area (TPSA) is 70.4 Å². The number of carbonyl (C=O) groups excluding carboxylic acids is 1. The molecule has 2 aromatic rings. The molecular weight excluding hydrogens is 362 g/mol. The third-order valence-corrected chi connectivity index (χ3v) is 5.26. The van der Waals surface area contributed by atoms with E-state index in [2.05, 4.69) is 44.8 Å². The summed E-state index contributed by atoms with van der Waals surface area (Å²) < 4.78 is 2.13. The fourth-order valence-corrected chi connectivity index (χ4v) is 3.69. The Kier molecular flexibility index (Phi) is 8.16. The molecule has 1 amide bonds. The van der Waals surface area contributed by atoms with E-state index in [0.29, 0.717) is 6.54 Å². The highest BCUT2D eigenvalue weighted by atomic mass is 16.1. The molecule has 6 heteroatoms. The second kappa shape index (κ2) is 11.3. The van der Waals surface area contributed by atoms with Gasteiger partial charge < -0.3 is 20.5 Å². The Morgan fingerprint density at radius 1 is 1.10 bits per heavy atom. The van der Waals surface area contributed by atoms with Crippen LogP contribution in [0.3, 0.4) is 0 Å². The average molecular weight is 396 g/mol. The van der Waals surface area contributed by atoms with Gasteiger partial charge in [-0.15, -0.1) is 0 Å². The first-order chi connectivity index (χ1) is 14.2. The lowest BCUT2D eigenvalue weighted by atomic mass is 9.88. The summed E-state index contributed by atoms with van der Waals surface area (Å²) in [6.45, 7) is 5.13. The predicted molar refractivity (Wildman–Crippen MR) is 119 cm³/mol. The van der Waals surface area contributed by atoms with Crippen molar-refractivity contribution < 1.29 is 4.79 Å². The zero-order valence-electron chi connectivity index (χ0n) is 17.4. The van der Waals surface area contributed by atoms with Gasteiger partial charge in [-0.2, -0.15) is 0 Å². The molecule has 1 fully saturated rings. The number of hydrogen-bond acceptors (Lipinski definition) is 2. The summed E-state index contributed by atoms with van der Waals surface area (Å²) in [6, 6.07) is 12.1. The van der Waals surface area contributed by atoms with E-state index in [-0.39, 0.29) is 11.8 Å². The molecule has 1 aliphatic carbocycles. The monoisotopic (exact) mass is 395 g/mol. The van der Waals surface area contributed by atoms with Crippen LogP contribution >= 0.6 is 0 Å². The Balaban J connectivity index is 1.53. The van der Waals surface area contributed by atoms with Gasteiger partial charge in [-0.1, -0.05) is 31.4 Å². The van der Waals surface area contributed by atoms with E-state index in [1.54, 1.807) is 0 Å². The predicted octanol–water partition coefficient (Wildman–Crippen LogP) is 3.76. The summed E-state index contributed by atoms with van der Waals surface area (Å²) in [5.41, 5.74) is 1.94. The maximum Gasteiger partial charge on any atom is 0.227 e. The summed E-state index contributed by atoms with van der Waals surface area (Å²) in [5, 5.41) is 9.74. The van der Waals surface area contributed by atoms with Crippen LogP contribution in [0.15, 0.2) is 53.8 Å². The van der Waals surface area contributed by atoms with E-state index in [1.165, 1.54) is 6.42 Å². The minimum absolute atomic E-state index is 0.158. The maximum absolute atomic E-state index is 12.5. The molecule has 1 aromatic heterocycles. The van der Waals surface area contributed by atoms with Gasteiger partial charge in [-0.25, -0.2) is 4.99 Å². The van der Waals surface area contributed by atoms with Gasteiger partial charge in [0.15, 0.2) is 5.96 Å². The quantitative estimate of drug-likeness (QED) is 0.471. The van der Waals surface area contributed by atoms with Crippen LogP contribution in [0.2, 0.25) is 0 Å². The fourth-order valence-electron chi connectivity index (χ4n) is 3.69. The van der Waals surface area contributed by atoms with Gasteiger partial charge in [0.05, 0.1) is 6.54 Å². The second-order valence-corrected chi connectivity index (χ2v) is 7.57. The molecule has 6 nitrogen and oxygen atoms in total. The lowest BCUT2D eigenvalue weighted by molar-refractivity contribution is -0.120. The number of aliphatic imine (C=N–C) groups is 1. The van der Waals surface area contributed by atoms with Crippen molar-refractivity contribution in [1.29, 1.82) is 0 Å². The molecular formula is C23H33N5O. The number of hydrogen-bond donors (Lipinski definition) is 3. The molecule has 0 radical (unpaired) electrons. The molecule has 1 aliphatic rings. The van der Waals surface area contributed by atoms with Crippen molar-refractivity contribution >= 4 is 17.6 Å². The standard InChI is InChI=1S/C23H33N5O/c1-2-24-23(25-13-16-28-14-6-7-15-28)26-18-19-9-8-12-21(17-19)27-22(29)20-10-4-3-5-11-20/h6-9,12,14-15,17,20H,2-5,10-11,13,16,18H2,1H3,(H,27,29)(H2,24,25,26). The number of nitrogens with one attached hydrogen (secondary N) is 3. The van der Waals surface area contributed by atoms with E-state index in [1.807, 2.05) is 36.4 Å². The van der Waals surface area contributed by atoms with E-state index >= 15 is 0 Å². The number of guanidine groups is 1. The van der Waals surface area contributed by atoms with Crippen LogP contribution in [0.4, 0.5) is 5.69 Å². The fraction of sp³-hybridized carbons (Fsp3) is 0.478. The number of nitrogens with zero attached hydrogens (tertiary/aromatic N) is 2. The minimum Gasteiger partial charge on any atom is -0.357 e. The normalized spacial score (nSPS) is 15.1. The third-order valence-electron chi connectivity index (χ3n) is 5.26. The second-order valence-electron chi connectivity index (χ2n) is 7.57. The zero-order valence-corrected chi connectivity index (χ0v) is 17.4. The number of anilines is 1. The molecule has 3 rings (SSSR count). The van der Waals surface area contributed by atoms with E-state index in [4.69, 9.17) is 0 Å². The van der Waals surface area contributed by atoms with Gasteiger partial charge in [0.2, 0.25) is 5.91 Å². The largest absolute Gasteiger partial charge is 0.357 e. The van der Waals surface area contributed by atoms with Crippen LogP contribution < -0.4 is 16.0 Å². The molecule has 0 spiro atoms. The van der Waals surface area contributed by atoms with Gasteiger partial charge in [-0.3, -0.25) is 4.79 Å². The molecule has 0 atom stereocenters. The highest BCUT2D eigenvalue weighted by Gasteiger charge is 2.20. The smallest absolute Gasteiger partial charge is 0.227 e. The first-order valence-corrected chi connectivity index (χ1v) is 10.8. The Morgan fingerprint density at radius 2 is 1.90 bits per heavy atom. The van der Waals surface area contributed by atoms with E-state index in [9.17, 15) is 4.79 Å². The molecule has 156 valence electrons. The molecule has 0 bridgehead atoms. The van der Waals surface area contributed by atoms with Gasteiger partial charge in [-0.05, 0) is 49.6 Å². The number of aromatic nitrogens is 1. The number of amides is 1. The van der Waals surface area contributed by atoms with Crippen molar-refractivity contribution in [3.63, 3.8) is 0 Å². The summed E-state index contributed by atoms with van der Waals surface area (Å²) in [4.78, 5) is 17.2. The van der Waals surface area contributed by atoms with Crippen LogP contribution in [0, 0.1) is 5.92 Å². The molecule has 0 saturated heterocycles. The van der Waals surface area contributed by atoms with E-state index in [0.717, 1.165) is 62.5 Å². The van der Waals surface area contributed by atoms with Crippen LogP contribution in [-0.2, 0) is 17.9 Å². The lowest BCUT2D eigenvalue weighted by Crippen LogP contribution is -2.38. The molecule has 0 aliphatic heterocycles. The van der Waals surface area contributed by atoms with Crippen LogP contribution in [-0.4, -0.2) is 29.5 Å². The van der Waals surface area contributed by atoms with Gasteiger partial charge >= 0.3 is 0 Å². The Morgan fingerprint density at radius 3 is 2.66 bits per heavy atom. The maximum atomic E-state index is 12.5. The molecule has 29 heavy (non-hydrogen) atoms. The summed E-state index contributed by atoms with van der Waals surface area (Å²) >= 11 is 0. The molecule has 0 unspecified atom stereocenters. The van der Waals surface area contributed by atoms with Gasteiger partial charge in [0.1, 0.15) is 0 Å². The average Bonchev–Trinajstić information content (AvgIpc) is 3.26. The van der Waals surface area contributed by atoms with Crippen molar-refractivity contribution in [2.75, 3.05) is 18.4 Å². The van der Waals surface area contributed by atoms with Crippen molar-refractivity contribution in [1.82, 2.24) is 15.2 Å². The molecule has 1 heterocycles. The Hall–Kier alpha value is -2.76. The molecule has 1 saturated carbocycles. The van der Waals surface area contributed by atoms with Crippen LogP contribution in [0.5, 0.6) is 0 Å². The highest BCUT2D eigenvalue weighted by molar-refractivity contribution is 5.92. The Labute approximate surface area is 173 Å². The summed E-state index contributed by atoms with van der Waals surface area (Å²) in [7, 11) is 0. The number of rotatable bonds is 8. The zero-order chi connectivity index (χ0) is 20.3. The van der Waals surface area contributed by atoms with Gasteiger partial charge in [0.25, 0.3) is 0 Å². The third kappa shape index (κ3) is 6.97. The minimum atomic E-state index is 0.158. The van der Waals surface area contributed by atoms with Crippen molar-refractivity contribution in [3.05, 3.63) is 54.4 Å². The van der Waals surface area contributed by atoms with Crippen LogP contribution in [0.25, 0.3) is 0 Å². The van der Waals surface area contributed by atoms with Gasteiger partial charge in [0, 0.05) is 43.6 Å². The van der Waals surface area contributed by atoms with E-state index < -0.39 is 0 Å². The summed E-state index contributed by atoms with van der Waals surface area (Å²) in [6.07, 6.45) is 9.71. The van der Waals surface area contributed by atoms with Crippen molar-refractivity contribution in [2.45, 2.75) is 52.1 Å². The molecule has 1 aromatic carbocycles. The lowest BCUT2D eigenvalue weighted by Gasteiger charge is -2.20. The molecule has 3 N–H and O–H groups in total. The SMILES string of the molecule is CCNC(=NCc1cccc(NC(=O)C2CCCCC2)c1)NCCn1cccc1. The van der Waals surface area contributed by atoms with Crippen LogP contribution in [0.1, 0.15) is 44.6 Å². The first kappa shape index (κ1) is 21.0. The van der Waals surface area contributed by atoms with Crippen molar-refractivity contribution in [3.8, 4) is 0 Å². The van der Waals surface area contributed by atoms with Crippen molar-refractivity contribution in [2.24, 2.45) is 10.9 Å². The summed E-state index contributed by atoms with van der Waals surface area (Å²) in [5.74, 6) is 1.12. The number of carbonyl (C=O) groups is 1. The highest BCUT2D eigenvalue weighted by Crippen LogP contribution is 2.25.